The Labute approximate surface area is 145 Å². The van der Waals surface area contributed by atoms with Gasteiger partial charge in [0.2, 0.25) is 0 Å². The summed E-state index contributed by atoms with van der Waals surface area (Å²) >= 11 is 1.47. The van der Waals surface area contributed by atoms with E-state index < -0.39 is 9.84 Å². The zero-order valence-electron chi connectivity index (χ0n) is 13.5. The molecule has 0 spiro atoms. The summed E-state index contributed by atoms with van der Waals surface area (Å²) in [6, 6.07) is 7.31. The van der Waals surface area contributed by atoms with Gasteiger partial charge in [0.1, 0.15) is 18.1 Å². The number of sulfone groups is 1. The second kappa shape index (κ2) is 7.02. The van der Waals surface area contributed by atoms with Crippen LogP contribution in [0.2, 0.25) is 0 Å². The van der Waals surface area contributed by atoms with Crippen molar-refractivity contribution in [2.24, 2.45) is 7.05 Å². The third-order valence-electron chi connectivity index (χ3n) is 3.82. The molecule has 0 saturated carbocycles. The van der Waals surface area contributed by atoms with Gasteiger partial charge < -0.3 is 14.0 Å². The summed E-state index contributed by atoms with van der Waals surface area (Å²) in [6.07, 6.45) is 0.664. The lowest BCUT2D eigenvalue weighted by Crippen LogP contribution is -2.08. The molecule has 0 bridgehead atoms. The smallest absolute Gasteiger partial charge is 0.191 e. The molecule has 7 nitrogen and oxygen atoms in total. The Hall–Kier alpha value is -1.74. The van der Waals surface area contributed by atoms with Gasteiger partial charge in [-0.1, -0.05) is 11.8 Å². The van der Waals surface area contributed by atoms with Crippen molar-refractivity contribution in [2.75, 3.05) is 18.6 Å². The average molecular weight is 369 g/mol. The second-order valence-corrected chi connectivity index (χ2v) is 9.06. The maximum Gasteiger partial charge on any atom is 0.191 e. The molecule has 1 aliphatic rings. The van der Waals surface area contributed by atoms with Gasteiger partial charge in [-0.05, 0) is 30.7 Å². The minimum Gasteiger partial charge on any atom is -0.497 e. The number of thioether (sulfide) groups is 1. The summed E-state index contributed by atoms with van der Waals surface area (Å²) < 4.78 is 35.7. The quantitative estimate of drug-likeness (QED) is 0.766. The van der Waals surface area contributed by atoms with E-state index in [9.17, 15) is 8.42 Å². The molecule has 1 unspecified atom stereocenters. The molecule has 2 heterocycles. The number of rotatable bonds is 6. The van der Waals surface area contributed by atoms with Crippen molar-refractivity contribution >= 4 is 21.6 Å². The van der Waals surface area contributed by atoms with Crippen molar-refractivity contribution in [1.82, 2.24) is 14.8 Å². The number of benzene rings is 1. The Morgan fingerprint density at radius 1 is 1.25 bits per heavy atom. The van der Waals surface area contributed by atoms with E-state index in [2.05, 4.69) is 10.2 Å². The maximum absolute atomic E-state index is 11.5. The van der Waals surface area contributed by atoms with Gasteiger partial charge in [0.15, 0.2) is 20.8 Å². The number of hydrogen-bond donors (Lipinski definition) is 0. The first kappa shape index (κ1) is 17.1. The maximum atomic E-state index is 11.5. The lowest BCUT2D eigenvalue weighted by Gasteiger charge is -2.09. The van der Waals surface area contributed by atoms with Crippen LogP contribution in [-0.2, 0) is 23.5 Å². The molecule has 1 fully saturated rings. The summed E-state index contributed by atoms with van der Waals surface area (Å²) in [7, 11) is 0.588. The summed E-state index contributed by atoms with van der Waals surface area (Å²) in [6.45, 7) is 0.291. The average Bonchev–Trinajstić information content (AvgIpc) is 3.09. The van der Waals surface area contributed by atoms with Crippen molar-refractivity contribution in [3.05, 3.63) is 30.1 Å². The Morgan fingerprint density at radius 2 is 1.96 bits per heavy atom. The zero-order chi connectivity index (χ0) is 17.2. The molecule has 1 saturated heterocycles. The third kappa shape index (κ3) is 4.02. The Kier molecular flexibility index (Phi) is 5.00. The molecule has 130 valence electrons. The van der Waals surface area contributed by atoms with Crippen LogP contribution >= 0.6 is 11.8 Å². The number of hydrogen-bond acceptors (Lipinski definition) is 7. The standard InChI is InChI=1S/C15H19N3O4S2/c1-18-14(9-22-12-5-3-11(21-2)4-6-12)16-17-15(18)23-13-7-8-24(19,20)10-13/h3-6,13H,7-10H2,1-2H3. The SMILES string of the molecule is COc1ccc(OCc2nnc(SC3CCS(=O)(=O)C3)n2C)cc1. The van der Waals surface area contributed by atoms with Crippen LogP contribution in [0.25, 0.3) is 0 Å². The lowest BCUT2D eigenvalue weighted by molar-refractivity contribution is 0.290. The van der Waals surface area contributed by atoms with Crippen LogP contribution in [0.5, 0.6) is 11.5 Å². The van der Waals surface area contributed by atoms with E-state index in [4.69, 9.17) is 9.47 Å². The van der Waals surface area contributed by atoms with E-state index in [0.29, 0.717) is 24.0 Å². The van der Waals surface area contributed by atoms with E-state index in [0.717, 1.165) is 11.5 Å². The predicted molar refractivity (Wildman–Crippen MR) is 91.2 cm³/mol. The summed E-state index contributed by atoms with van der Waals surface area (Å²) in [5.74, 6) is 2.65. The van der Waals surface area contributed by atoms with Crippen molar-refractivity contribution in [3.8, 4) is 11.5 Å². The topological polar surface area (TPSA) is 83.3 Å². The molecule has 1 aromatic heterocycles. The van der Waals surface area contributed by atoms with Gasteiger partial charge in [0, 0.05) is 12.3 Å². The first-order valence-electron chi connectivity index (χ1n) is 7.49. The highest BCUT2D eigenvalue weighted by molar-refractivity contribution is 8.01. The highest BCUT2D eigenvalue weighted by Crippen LogP contribution is 2.30. The molecule has 0 radical (unpaired) electrons. The van der Waals surface area contributed by atoms with Crippen LogP contribution < -0.4 is 9.47 Å². The van der Waals surface area contributed by atoms with Crippen LogP contribution in [0.4, 0.5) is 0 Å². The fourth-order valence-corrected chi connectivity index (χ4v) is 5.87. The largest absolute Gasteiger partial charge is 0.497 e. The van der Waals surface area contributed by atoms with E-state index in [-0.39, 0.29) is 16.8 Å². The fourth-order valence-electron chi connectivity index (χ4n) is 2.40. The monoisotopic (exact) mass is 369 g/mol. The van der Waals surface area contributed by atoms with Crippen LogP contribution in [-0.4, -0.2) is 47.0 Å². The number of nitrogens with zero attached hydrogens (tertiary/aromatic N) is 3. The molecule has 9 heteroatoms. The van der Waals surface area contributed by atoms with E-state index >= 15 is 0 Å². The number of methoxy groups -OCH3 is 1. The van der Waals surface area contributed by atoms with Crippen molar-refractivity contribution in [2.45, 2.75) is 23.4 Å². The van der Waals surface area contributed by atoms with Gasteiger partial charge in [0.25, 0.3) is 0 Å². The lowest BCUT2D eigenvalue weighted by atomic mass is 10.3. The summed E-state index contributed by atoms with van der Waals surface area (Å²) in [4.78, 5) is 0. The normalized spacial score (nSPS) is 19.3. The third-order valence-corrected chi connectivity index (χ3v) is 7.10. The van der Waals surface area contributed by atoms with E-state index in [1.807, 2.05) is 35.9 Å². The molecule has 1 aliphatic heterocycles. The first-order chi connectivity index (χ1) is 11.5. The van der Waals surface area contributed by atoms with Crippen LogP contribution in [0.15, 0.2) is 29.4 Å². The molecule has 2 aromatic rings. The van der Waals surface area contributed by atoms with Gasteiger partial charge in [-0.15, -0.1) is 10.2 Å². The van der Waals surface area contributed by atoms with E-state index in [1.165, 1.54) is 11.8 Å². The van der Waals surface area contributed by atoms with E-state index in [1.54, 1.807) is 7.11 Å². The van der Waals surface area contributed by atoms with Crippen LogP contribution in [0, 0.1) is 0 Å². The van der Waals surface area contributed by atoms with Crippen LogP contribution in [0.3, 0.4) is 0 Å². The van der Waals surface area contributed by atoms with Gasteiger partial charge in [-0.3, -0.25) is 0 Å². The van der Waals surface area contributed by atoms with Gasteiger partial charge in [0.05, 0.1) is 18.6 Å². The molecular formula is C15H19N3O4S2. The summed E-state index contributed by atoms with van der Waals surface area (Å²) in [5.41, 5.74) is 0. The van der Waals surface area contributed by atoms with Gasteiger partial charge in [-0.25, -0.2) is 8.42 Å². The highest BCUT2D eigenvalue weighted by atomic mass is 32.2. The predicted octanol–water partition coefficient (Wildman–Crippen LogP) is 1.68. The number of ether oxygens (including phenoxy) is 2. The minimum atomic E-state index is -2.89. The molecular weight excluding hydrogens is 350 g/mol. The van der Waals surface area contributed by atoms with Crippen LogP contribution in [0.1, 0.15) is 12.2 Å². The van der Waals surface area contributed by atoms with Crippen molar-refractivity contribution in [3.63, 3.8) is 0 Å². The fraction of sp³-hybridized carbons (Fsp3) is 0.467. The minimum absolute atomic E-state index is 0.0493. The second-order valence-electron chi connectivity index (χ2n) is 5.56. The van der Waals surface area contributed by atoms with Crippen molar-refractivity contribution in [1.29, 1.82) is 0 Å². The zero-order valence-corrected chi connectivity index (χ0v) is 15.1. The highest BCUT2D eigenvalue weighted by Gasteiger charge is 2.30. The van der Waals surface area contributed by atoms with Gasteiger partial charge >= 0.3 is 0 Å². The summed E-state index contributed by atoms with van der Waals surface area (Å²) in [5, 5.41) is 9.05. The molecule has 1 atom stereocenters. The molecule has 0 aliphatic carbocycles. The molecule has 0 N–H and O–H groups in total. The molecule has 3 rings (SSSR count). The first-order valence-corrected chi connectivity index (χ1v) is 10.2. The van der Waals surface area contributed by atoms with Gasteiger partial charge in [-0.2, -0.15) is 0 Å². The Bertz CT molecular complexity index is 803. The molecule has 0 amide bonds. The van der Waals surface area contributed by atoms with Crippen molar-refractivity contribution < 1.29 is 17.9 Å². The molecule has 1 aromatic carbocycles. The Balaban J connectivity index is 1.60. The number of aromatic nitrogens is 3. The molecule has 24 heavy (non-hydrogen) atoms. The Morgan fingerprint density at radius 3 is 2.58 bits per heavy atom.